The second-order valence-corrected chi connectivity index (χ2v) is 7.39. The number of aromatic nitrogens is 2. The van der Waals surface area contributed by atoms with Crippen LogP contribution >= 0.6 is 0 Å². The Labute approximate surface area is 187 Å². The first-order valence-electron chi connectivity index (χ1n) is 10.7. The molecular formula is C24H27N5O3. The highest BCUT2D eigenvalue weighted by molar-refractivity contribution is 5.95. The van der Waals surface area contributed by atoms with Gasteiger partial charge < -0.3 is 25.0 Å². The maximum absolute atomic E-state index is 12.6. The van der Waals surface area contributed by atoms with E-state index in [0.717, 1.165) is 30.4 Å². The number of hydrogen-bond donors (Lipinski definition) is 2. The zero-order valence-electron chi connectivity index (χ0n) is 18.5. The zero-order valence-corrected chi connectivity index (χ0v) is 18.5. The molecule has 1 unspecified atom stereocenters. The van der Waals surface area contributed by atoms with Crippen molar-refractivity contribution in [2.45, 2.75) is 26.9 Å². The summed E-state index contributed by atoms with van der Waals surface area (Å²) in [5.74, 6) is 3.29. The van der Waals surface area contributed by atoms with Gasteiger partial charge in [-0.15, -0.1) is 0 Å². The van der Waals surface area contributed by atoms with E-state index in [9.17, 15) is 4.79 Å². The minimum absolute atomic E-state index is 0.171. The van der Waals surface area contributed by atoms with E-state index in [2.05, 4.69) is 39.3 Å². The number of para-hydroxylation sites is 2. The quantitative estimate of drug-likeness (QED) is 0.579. The average molecular weight is 434 g/mol. The Kier molecular flexibility index (Phi) is 6.39. The molecule has 0 aliphatic carbocycles. The largest absolute Gasteiger partial charge is 0.485 e. The van der Waals surface area contributed by atoms with Gasteiger partial charge in [0.15, 0.2) is 11.5 Å². The number of amides is 1. The maximum Gasteiger partial charge on any atom is 0.269 e. The molecule has 0 radical (unpaired) electrons. The van der Waals surface area contributed by atoms with Crippen LogP contribution in [0.1, 0.15) is 19.7 Å². The number of aryl methyl sites for hydroxylation is 1. The molecule has 1 atom stereocenters. The number of ether oxygens (including phenoxy) is 2. The van der Waals surface area contributed by atoms with Gasteiger partial charge in [-0.3, -0.25) is 4.79 Å². The Balaban J connectivity index is 1.39. The lowest BCUT2D eigenvalue weighted by molar-refractivity contribution is -0.125. The first-order chi connectivity index (χ1) is 15.6. The van der Waals surface area contributed by atoms with Crippen LogP contribution in [0.3, 0.4) is 0 Å². The van der Waals surface area contributed by atoms with Crippen molar-refractivity contribution in [2.24, 2.45) is 0 Å². The maximum atomic E-state index is 12.6. The van der Waals surface area contributed by atoms with Crippen molar-refractivity contribution in [1.29, 1.82) is 0 Å². The van der Waals surface area contributed by atoms with Gasteiger partial charge >= 0.3 is 0 Å². The molecule has 0 spiro atoms. The third kappa shape index (κ3) is 4.91. The van der Waals surface area contributed by atoms with Crippen molar-refractivity contribution in [1.82, 2.24) is 9.97 Å². The van der Waals surface area contributed by atoms with Crippen molar-refractivity contribution in [2.75, 3.05) is 35.2 Å². The molecule has 3 aromatic rings. The molecule has 4 rings (SSSR count). The fraction of sp³-hybridized carbons (Fsp3) is 0.292. The van der Waals surface area contributed by atoms with Gasteiger partial charge in [0.1, 0.15) is 24.1 Å². The predicted octanol–water partition coefficient (Wildman–Crippen LogP) is 4.15. The van der Waals surface area contributed by atoms with E-state index in [4.69, 9.17) is 9.47 Å². The topological polar surface area (TPSA) is 88.6 Å². The highest BCUT2D eigenvalue weighted by Gasteiger charge is 2.27. The molecule has 166 valence electrons. The third-order valence-electron chi connectivity index (χ3n) is 5.14. The lowest BCUT2D eigenvalue weighted by atomic mass is 10.2. The number of nitrogens with zero attached hydrogens (tertiary/aromatic N) is 3. The van der Waals surface area contributed by atoms with Crippen LogP contribution in [-0.4, -0.2) is 41.7 Å². The van der Waals surface area contributed by atoms with E-state index in [-0.39, 0.29) is 12.5 Å². The first-order valence-corrected chi connectivity index (χ1v) is 10.7. The summed E-state index contributed by atoms with van der Waals surface area (Å²) in [5.41, 5.74) is 1.53. The molecule has 0 saturated heterocycles. The second-order valence-electron chi connectivity index (χ2n) is 7.39. The number of anilines is 4. The van der Waals surface area contributed by atoms with Crippen LogP contribution in [0.2, 0.25) is 0 Å². The van der Waals surface area contributed by atoms with Crippen LogP contribution in [-0.2, 0) is 4.79 Å². The highest BCUT2D eigenvalue weighted by atomic mass is 16.6. The van der Waals surface area contributed by atoms with Crippen molar-refractivity contribution >= 4 is 28.9 Å². The monoisotopic (exact) mass is 433 g/mol. The van der Waals surface area contributed by atoms with E-state index < -0.39 is 6.10 Å². The van der Waals surface area contributed by atoms with Gasteiger partial charge in [-0.2, -0.15) is 0 Å². The van der Waals surface area contributed by atoms with Crippen molar-refractivity contribution < 1.29 is 14.3 Å². The van der Waals surface area contributed by atoms with Gasteiger partial charge in [0.05, 0.1) is 0 Å². The predicted molar refractivity (Wildman–Crippen MR) is 125 cm³/mol. The Hall–Kier alpha value is -3.81. The summed E-state index contributed by atoms with van der Waals surface area (Å²) in [6.45, 7) is 8.01. The Morgan fingerprint density at radius 2 is 1.72 bits per heavy atom. The van der Waals surface area contributed by atoms with Crippen LogP contribution < -0.4 is 25.0 Å². The number of carbonyl (C=O) groups is 1. The fourth-order valence-electron chi connectivity index (χ4n) is 3.48. The van der Waals surface area contributed by atoms with Crippen molar-refractivity contribution in [3.63, 3.8) is 0 Å². The number of fused-ring (bicyclic) bond motifs is 1. The summed E-state index contributed by atoms with van der Waals surface area (Å²) in [7, 11) is 0. The minimum atomic E-state index is -0.704. The molecular weight excluding hydrogens is 406 g/mol. The molecule has 0 bridgehead atoms. The zero-order chi connectivity index (χ0) is 22.5. The summed E-state index contributed by atoms with van der Waals surface area (Å²) in [6.07, 6.45) is -0.704. The summed E-state index contributed by atoms with van der Waals surface area (Å²) in [4.78, 5) is 23.8. The number of nitrogens with one attached hydrogen (secondary N) is 2. The van der Waals surface area contributed by atoms with Crippen molar-refractivity contribution in [3.05, 3.63) is 60.4 Å². The summed E-state index contributed by atoms with van der Waals surface area (Å²) in [5, 5.41) is 6.19. The molecule has 8 heteroatoms. The Morgan fingerprint density at radius 1 is 1.03 bits per heavy atom. The van der Waals surface area contributed by atoms with Crippen molar-refractivity contribution in [3.8, 4) is 11.5 Å². The van der Waals surface area contributed by atoms with E-state index in [0.29, 0.717) is 23.0 Å². The van der Waals surface area contributed by atoms with E-state index in [1.165, 1.54) is 0 Å². The fourth-order valence-corrected chi connectivity index (χ4v) is 3.48. The first kappa shape index (κ1) is 21.4. The van der Waals surface area contributed by atoms with Gasteiger partial charge in [0.25, 0.3) is 5.91 Å². The van der Waals surface area contributed by atoms with Gasteiger partial charge in [-0.05, 0) is 57.2 Å². The van der Waals surface area contributed by atoms with E-state index >= 15 is 0 Å². The molecule has 0 fully saturated rings. The van der Waals surface area contributed by atoms with Gasteiger partial charge in [-0.1, -0.05) is 12.1 Å². The number of benzene rings is 2. The van der Waals surface area contributed by atoms with Crippen LogP contribution in [0, 0.1) is 6.92 Å². The normalized spacial score (nSPS) is 14.5. The summed E-state index contributed by atoms with van der Waals surface area (Å²) >= 11 is 0. The molecule has 2 N–H and O–H groups in total. The van der Waals surface area contributed by atoms with Crippen LogP contribution in [0.15, 0.2) is 54.6 Å². The van der Waals surface area contributed by atoms with Gasteiger partial charge in [0.2, 0.25) is 6.10 Å². The molecule has 1 amide bonds. The summed E-state index contributed by atoms with van der Waals surface area (Å²) < 4.78 is 11.4. The van der Waals surface area contributed by atoms with E-state index in [1.54, 1.807) is 6.07 Å². The van der Waals surface area contributed by atoms with E-state index in [1.807, 2.05) is 55.5 Å². The Morgan fingerprint density at radius 3 is 2.44 bits per heavy atom. The SMILES string of the molecule is CCN(CC)c1cc(Nc2ccc(NC(=O)C3COc4ccccc4O3)cc2)nc(C)n1. The van der Waals surface area contributed by atoms with Crippen LogP contribution in [0.5, 0.6) is 11.5 Å². The smallest absolute Gasteiger partial charge is 0.269 e. The molecule has 1 aromatic heterocycles. The van der Waals surface area contributed by atoms with Crippen LogP contribution in [0.25, 0.3) is 0 Å². The average Bonchev–Trinajstić information content (AvgIpc) is 2.80. The molecule has 2 heterocycles. The lowest BCUT2D eigenvalue weighted by Gasteiger charge is -2.25. The third-order valence-corrected chi connectivity index (χ3v) is 5.14. The Bertz CT molecular complexity index is 1080. The number of hydrogen-bond acceptors (Lipinski definition) is 7. The highest BCUT2D eigenvalue weighted by Crippen LogP contribution is 2.31. The number of carbonyl (C=O) groups excluding carboxylic acids is 1. The van der Waals surface area contributed by atoms with Gasteiger partial charge in [-0.25, -0.2) is 9.97 Å². The number of rotatable bonds is 7. The molecule has 32 heavy (non-hydrogen) atoms. The molecule has 8 nitrogen and oxygen atoms in total. The molecule has 1 aliphatic heterocycles. The standard InChI is InChI=1S/C24H27N5O3/c1-4-29(5-2)23-14-22(25-16(3)26-23)27-17-10-12-18(13-11-17)28-24(30)21-15-31-19-8-6-7-9-20(19)32-21/h6-14,21H,4-5,15H2,1-3H3,(H,28,30)(H,25,26,27). The van der Waals surface area contributed by atoms with Crippen LogP contribution in [0.4, 0.5) is 23.0 Å². The molecule has 2 aromatic carbocycles. The molecule has 0 saturated carbocycles. The summed E-state index contributed by atoms with van der Waals surface area (Å²) in [6, 6.07) is 16.7. The lowest BCUT2D eigenvalue weighted by Crippen LogP contribution is -2.40. The molecule has 1 aliphatic rings. The minimum Gasteiger partial charge on any atom is -0.485 e. The second kappa shape index (κ2) is 9.55. The van der Waals surface area contributed by atoms with Gasteiger partial charge in [0, 0.05) is 30.5 Å².